The van der Waals surface area contributed by atoms with E-state index in [1.807, 2.05) is 44.3 Å². The van der Waals surface area contributed by atoms with Crippen molar-refractivity contribution in [3.05, 3.63) is 52.5 Å². The Balaban J connectivity index is 1.60. The van der Waals surface area contributed by atoms with E-state index in [1.54, 1.807) is 0 Å². The van der Waals surface area contributed by atoms with Gasteiger partial charge in [-0.25, -0.2) is 0 Å². The maximum absolute atomic E-state index is 12.6. The van der Waals surface area contributed by atoms with Crippen LogP contribution in [0.5, 0.6) is 11.5 Å². The molecule has 2 N–H and O–H groups in total. The molecule has 1 aliphatic heterocycles. The van der Waals surface area contributed by atoms with Gasteiger partial charge in [-0.05, 0) is 31.2 Å². The van der Waals surface area contributed by atoms with E-state index in [0.717, 1.165) is 27.4 Å². The van der Waals surface area contributed by atoms with Crippen LogP contribution in [0.2, 0.25) is 0 Å². The Kier molecular flexibility index (Phi) is 5.60. The van der Waals surface area contributed by atoms with Crippen molar-refractivity contribution in [3.8, 4) is 11.5 Å². The van der Waals surface area contributed by atoms with E-state index < -0.39 is 0 Å². The number of benzene rings is 2. The molecule has 0 spiro atoms. The third-order valence-electron chi connectivity index (χ3n) is 4.34. The second-order valence-corrected chi connectivity index (χ2v) is 7.13. The van der Waals surface area contributed by atoms with Crippen LogP contribution in [0.3, 0.4) is 0 Å². The minimum atomic E-state index is -0.183. The van der Waals surface area contributed by atoms with Crippen LogP contribution in [0, 0.1) is 0 Å². The molecule has 0 saturated carbocycles. The predicted molar refractivity (Wildman–Crippen MR) is 100 cm³/mol. The van der Waals surface area contributed by atoms with Crippen molar-refractivity contribution in [1.82, 2.24) is 0 Å². The summed E-state index contributed by atoms with van der Waals surface area (Å²) in [7, 11) is 2.02. The topological polar surface area (TPSA) is 52.0 Å². The van der Waals surface area contributed by atoms with Crippen molar-refractivity contribution in [2.24, 2.45) is 0 Å². The zero-order valence-electron chi connectivity index (χ0n) is 14.3. The van der Waals surface area contributed by atoms with Crippen LogP contribution in [-0.4, -0.2) is 32.2 Å². The highest BCUT2D eigenvalue weighted by Crippen LogP contribution is 2.32. The fourth-order valence-electron chi connectivity index (χ4n) is 2.67. The normalized spacial score (nSPS) is 15.3. The van der Waals surface area contributed by atoms with E-state index in [0.29, 0.717) is 19.0 Å². The number of ether oxygens (including phenoxy) is 2. The van der Waals surface area contributed by atoms with Gasteiger partial charge in [0.1, 0.15) is 19.8 Å². The standard InChI is InChI=1S/C19H21BrN2O3/c1-13(22(2)12-14-3-5-15(20)6-4-14)19(23)21-16-7-8-17-18(11-16)25-10-9-24-17/h3-8,11,13H,9-10,12H2,1-2H3,(H,21,23)/p+1/t13-/m0/s1. The molecule has 0 aliphatic carbocycles. The van der Waals surface area contributed by atoms with Crippen LogP contribution >= 0.6 is 15.9 Å². The first-order valence-corrected chi connectivity index (χ1v) is 9.09. The number of quaternary nitrogens is 1. The summed E-state index contributed by atoms with van der Waals surface area (Å²) in [6.45, 7) is 3.80. The third kappa shape index (κ3) is 4.52. The average molecular weight is 406 g/mol. The number of carbonyl (C=O) groups is 1. The van der Waals surface area contributed by atoms with E-state index in [-0.39, 0.29) is 11.9 Å². The smallest absolute Gasteiger partial charge is 0.282 e. The molecule has 0 bridgehead atoms. The number of fused-ring (bicyclic) bond motifs is 1. The van der Waals surface area contributed by atoms with Crippen molar-refractivity contribution in [2.75, 3.05) is 25.6 Å². The van der Waals surface area contributed by atoms with Gasteiger partial charge in [0.2, 0.25) is 0 Å². The summed E-state index contributed by atoms with van der Waals surface area (Å²) < 4.78 is 12.1. The number of halogens is 1. The lowest BCUT2D eigenvalue weighted by molar-refractivity contribution is -0.907. The molecule has 25 heavy (non-hydrogen) atoms. The zero-order valence-corrected chi connectivity index (χ0v) is 15.9. The van der Waals surface area contributed by atoms with Gasteiger partial charge in [0.25, 0.3) is 5.91 Å². The van der Waals surface area contributed by atoms with E-state index in [1.165, 1.54) is 5.56 Å². The van der Waals surface area contributed by atoms with Gasteiger partial charge in [-0.3, -0.25) is 4.79 Å². The highest BCUT2D eigenvalue weighted by molar-refractivity contribution is 9.10. The van der Waals surface area contributed by atoms with Crippen LogP contribution < -0.4 is 19.7 Å². The van der Waals surface area contributed by atoms with Crippen LogP contribution in [0.15, 0.2) is 46.9 Å². The molecule has 2 atom stereocenters. The first kappa shape index (κ1) is 17.8. The van der Waals surface area contributed by atoms with Gasteiger partial charge in [0, 0.05) is 21.8 Å². The van der Waals surface area contributed by atoms with Crippen molar-refractivity contribution < 1.29 is 19.2 Å². The Labute approximate surface area is 156 Å². The molecule has 0 aromatic heterocycles. The van der Waals surface area contributed by atoms with E-state index in [2.05, 4.69) is 33.4 Å². The molecule has 3 rings (SSSR count). The molecule has 0 saturated heterocycles. The summed E-state index contributed by atoms with van der Waals surface area (Å²) in [6, 6.07) is 13.5. The van der Waals surface area contributed by atoms with Gasteiger partial charge < -0.3 is 19.7 Å². The van der Waals surface area contributed by atoms with E-state index in [4.69, 9.17) is 9.47 Å². The summed E-state index contributed by atoms with van der Waals surface area (Å²) in [5, 5.41) is 2.96. The molecule has 1 heterocycles. The van der Waals surface area contributed by atoms with Gasteiger partial charge in [-0.1, -0.05) is 28.1 Å². The maximum atomic E-state index is 12.6. The Bertz CT molecular complexity index is 749. The Morgan fingerprint density at radius 1 is 1.16 bits per heavy atom. The van der Waals surface area contributed by atoms with Crippen molar-refractivity contribution in [2.45, 2.75) is 19.5 Å². The number of anilines is 1. The molecule has 1 amide bonds. The zero-order chi connectivity index (χ0) is 17.8. The molecule has 132 valence electrons. The first-order chi connectivity index (χ1) is 12.0. The average Bonchev–Trinajstić information content (AvgIpc) is 2.62. The predicted octanol–water partition coefficient (Wildman–Crippen LogP) is 2.26. The second kappa shape index (κ2) is 7.89. The fourth-order valence-corrected chi connectivity index (χ4v) is 2.94. The van der Waals surface area contributed by atoms with Gasteiger partial charge in [-0.15, -0.1) is 0 Å². The van der Waals surface area contributed by atoms with Crippen molar-refractivity contribution in [1.29, 1.82) is 0 Å². The highest BCUT2D eigenvalue weighted by atomic mass is 79.9. The summed E-state index contributed by atoms with van der Waals surface area (Å²) in [5.41, 5.74) is 1.91. The fraction of sp³-hybridized carbons (Fsp3) is 0.316. The molecule has 2 aromatic carbocycles. The lowest BCUT2D eigenvalue weighted by Crippen LogP contribution is -3.12. The summed E-state index contributed by atoms with van der Waals surface area (Å²) >= 11 is 3.44. The van der Waals surface area contributed by atoms with Crippen molar-refractivity contribution in [3.63, 3.8) is 0 Å². The van der Waals surface area contributed by atoms with Crippen LogP contribution in [-0.2, 0) is 11.3 Å². The molecule has 0 fully saturated rings. The molecule has 2 aromatic rings. The largest absolute Gasteiger partial charge is 0.486 e. The van der Waals surface area contributed by atoms with E-state index >= 15 is 0 Å². The number of rotatable bonds is 5. The number of hydrogen-bond acceptors (Lipinski definition) is 3. The van der Waals surface area contributed by atoms with E-state index in [9.17, 15) is 4.79 Å². The first-order valence-electron chi connectivity index (χ1n) is 8.30. The number of carbonyl (C=O) groups excluding carboxylic acids is 1. The monoisotopic (exact) mass is 405 g/mol. The van der Waals surface area contributed by atoms with Gasteiger partial charge in [0.05, 0.1) is 7.05 Å². The lowest BCUT2D eigenvalue weighted by atomic mass is 10.2. The lowest BCUT2D eigenvalue weighted by Gasteiger charge is -2.22. The molecular weight excluding hydrogens is 384 g/mol. The van der Waals surface area contributed by atoms with Gasteiger partial charge in [-0.2, -0.15) is 0 Å². The quantitative estimate of drug-likeness (QED) is 0.801. The van der Waals surface area contributed by atoms with Gasteiger partial charge >= 0.3 is 0 Å². The maximum Gasteiger partial charge on any atom is 0.282 e. The minimum Gasteiger partial charge on any atom is -0.486 e. The molecule has 1 aliphatic rings. The Hall–Kier alpha value is -2.05. The summed E-state index contributed by atoms with van der Waals surface area (Å²) in [5.74, 6) is 1.37. The molecular formula is C19H22BrN2O3+. The van der Waals surface area contributed by atoms with Crippen LogP contribution in [0.25, 0.3) is 0 Å². The number of amides is 1. The Morgan fingerprint density at radius 3 is 2.56 bits per heavy atom. The minimum absolute atomic E-state index is 0.0220. The number of likely N-dealkylation sites (N-methyl/N-ethyl adjacent to an activating group) is 1. The third-order valence-corrected chi connectivity index (χ3v) is 4.87. The van der Waals surface area contributed by atoms with Crippen molar-refractivity contribution >= 4 is 27.5 Å². The van der Waals surface area contributed by atoms with Crippen LogP contribution in [0.4, 0.5) is 5.69 Å². The summed E-state index contributed by atoms with van der Waals surface area (Å²) in [4.78, 5) is 13.7. The highest BCUT2D eigenvalue weighted by Gasteiger charge is 2.22. The molecule has 0 radical (unpaired) electrons. The summed E-state index contributed by atoms with van der Waals surface area (Å²) in [6.07, 6.45) is 0. The molecule has 1 unspecified atom stereocenters. The Morgan fingerprint density at radius 2 is 1.84 bits per heavy atom. The molecule has 6 heteroatoms. The molecule has 5 nitrogen and oxygen atoms in total. The second-order valence-electron chi connectivity index (χ2n) is 6.22. The number of nitrogens with one attached hydrogen (secondary N) is 2. The number of hydrogen-bond donors (Lipinski definition) is 2. The van der Waals surface area contributed by atoms with Gasteiger partial charge in [0.15, 0.2) is 17.5 Å². The van der Waals surface area contributed by atoms with Crippen LogP contribution in [0.1, 0.15) is 12.5 Å². The SMILES string of the molecule is C[C@@H](C(=O)Nc1ccc2c(c1)OCCO2)[NH+](C)Cc1ccc(Br)cc1.